The first-order valence-corrected chi connectivity index (χ1v) is 6.31. The van der Waals surface area contributed by atoms with Gasteiger partial charge in [0.2, 0.25) is 0 Å². The molecule has 2 aliphatic carbocycles. The van der Waals surface area contributed by atoms with Gasteiger partial charge < -0.3 is 5.32 Å². The van der Waals surface area contributed by atoms with E-state index in [1.807, 2.05) is 7.05 Å². The van der Waals surface area contributed by atoms with Crippen molar-refractivity contribution in [1.29, 1.82) is 0 Å². The van der Waals surface area contributed by atoms with E-state index in [2.05, 4.69) is 16.8 Å². The maximum absolute atomic E-state index is 4.14. The number of likely N-dealkylation sites (N-methyl/N-ethyl adjacent to an activating group) is 1. The van der Waals surface area contributed by atoms with Crippen LogP contribution in [0.3, 0.4) is 0 Å². The molecular weight excluding hydrogens is 184 g/mol. The maximum atomic E-state index is 4.14. The molecule has 86 valence electrons. The highest BCUT2D eigenvalue weighted by molar-refractivity contribution is 5.00. The molecule has 0 unspecified atom stereocenters. The predicted octanol–water partition coefficient (Wildman–Crippen LogP) is 1.88. The fourth-order valence-electron chi connectivity index (χ4n) is 2.16. The molecule has 0 bridgehead atoms. The Bertz CT molecular complexity index is 203. The Morgan fingerprint density at radius 1 is 1.20 bits per heavy atom. The second-order valence-corrected chi connectivity index (χ2v) is 5.36. The van der Waals surface area contributed by atoms with Gasteiger partial charge in [-0.1, -0.05) is 6.58 Å². The van der Waals surface area contributed by atoms with Crippen LogP contribution in [0.25, 0.3) is 0 Å². The first-order chi connectivity index (χ1) is 7.28. The molecule has 2 fully saturated rings. The topological polar surface area (TPSA) is 15.3 Å². The summed E-state index contributed by atoms with van der Waals surface area (Å²) in [6, 6.07) is 0. The van der Waals surface area contributed by atoms with Crippen LogP contribution in [0.4, 0.5) is 0 Å². The van der Waals surface area contributed by atoms with Crippen molar-refractivity contribution in [2.45, 2.75) is 25.7 Å². The summed E-state index contributed by atoms with van der Waals surface area (Å²) in [7, 11) is 2.00. The lowest BCUT2D eigenvalue weighted by molar-refractivity contribution is 0.271. The van der Waals surface area contributed by atoms with Crippen LogP contribution in [0.1, 0.15) is 25.7 Å². The molecule has 2 rings (SSSR count). The third kappa shape index (κ3) is 4.35. The van der Waals surface area contributed by atoms with Crippen LogP contribution in [-0.4, -0.2) is 38.1 Å². The lowest BCUT2D eigenvalue weighted by Crippen LogP contribution is -2.32. The maximum Gasteiger partial charge on any atom is 0.0203 e. The Labute approximate surface area is 93.7 Å². The van der Waals surface area contributed by atoms with Crippen LogP contribution in [-0.2, 0) is 0 Å². The average molecular weight is 208 g/mol. The molecule has 0 aromatic rings. The summed E-state index contributed by atoms with van der Waals surface area (Å²) < 4.78 is 0. The SMILES string of the molecule is C=C(CNC)CN(CC1CC1)CC1CC1. The Hall–Kier alpha value is -0.340. The molecular formula is C13H24N2. The molecule has 0 aromatic heterocycles. The van der Waals surface area contributed by atoms with Gasteiger partial charge >= 0.3 is 0 Å². The van der Waals surface area contributed by atoms with E-state index in [1.54, 1.807) is 0 Å². The molecule has 2 nitrogen and oxygen atoms in total. The van der Waals surface area contributed by atoms with Gasteiger partial charge in [-0.3, -0.25) is 4.90 Å². The fourth-order valence-corrected chi connectivity index (χ4v) is 2.16. The highest BCUT2D eigenvalue weighted by Crippen LogP contribution is 2.33. The van der Waals surface area contributed by atoms with E-state index >= 15 is 0 Å². The van der Waals surface area contributed by atoms with Crippen molar-refractivity contribution < 1.29 is 0 Å². The molecule has 0 saturated heterocycles. The molecule has 2 saturated carbocycles. The van der Waals surface area contributed by atoms with Gasteiger partial charge in [-0.25, -0.2) is 0 Å². The predicted molar refractivity (Wildman–Crippen MR) is 65.0 cm³/mol. The number of nitrogens with zero attached hydrogens (tertiary/aromatic N) is 1. The number of rotatable bonds is 8. The van der Waals surface area contributed by atoms with Crippen molar-refractivity contribution in [3.63, 3.8) is 0 Å². The number of hydrogen-bond donors (Lipinski definition) is 1. The van der Waals surface area contributed by atoms with E-state index in [0.29, 0.717) is 0 Å². The summed E-state index contributed by atoms with van der Waals surface area (Å²) in [6.45, 7) is 8.84. The van der Waals surface area contributed by atoms with E-state index in [4.69, 9.17) is 0 Å². The first kappa shape index (κ1) is 11.2. The van der Waals surface area contributed by atoms with E-state index in [0.717, 1.165) is 24.9 Å². The van der Waals surface area contributed by atoms with Crippen LogP contribution in [0.15, 0.2) is 12.2 Å². The second kappa shape index (κ2) is 5.13. The molecule has 0 radical (unpaired) electrons. The molecule has 0 aliphatic heterocycles. The Kier molecular flexibility index (Phi) is 3.81. The summed E-state index contributed by atoms with van der Waals surface area (Å²) in [4.78, 5) is 2.63. The Morgan fingerprint density at radius 2 is 1.73 bits per heavy atom. The summed E-state index contributed by atoms with van der Waals surface area (Å²) in [5.41, 5.74) is 1.33. The standard InChI is InChI=1S/C13H24N2/c1-11(7-14-2)8-15(9-12-3-4-12)10-13-5-6-13/h12-14H,1,3-10H2,2H3. The van der Waals surface area contributed by atoms with Crippen molar-refractivity contribution in [2.75, 3.05) is 33.2 Å². The van der Waals surface area contributed by atoms with Crippen LogP contribution in [0.2, 0.25) is 0 Å². The normalized spacial score (nSPS) is 20.9. The van der Waals surface area contributed by atoms with Gasteiger partial charge in [-0.05, 0) is 50.1 Å². The van der Waals surface area contributed by atoms with Gasteiger partial charge in [0.25, 0.3) is 0 Å². The lowest BCUT2D eigenvalue weighted by Gasteiger charge is -2.23. The summed E-state index contributed by atoms with van der Waals surface area (Å²) >= 11 is 0. The van der Waals surface area contributed by atoms with Crippen molar-refractivity contribution in [2.24, 2.45) is 11.8 Å². The molecule has 2 heteroatoms. The van der Waals surface area contributed by atoms with E-state index < -0.39 is 0 Å². The van der Waals surface area contributed by atoms with Gasteiger partial charge in [0.15, 0.2) is 0 Å². The minimum atomic E-state index is 0.964. The molecule has 2 aliphatic rings. The highest BCUT2D eigenvalue weighted by Gasteiger charge is 2.29. The zero-order valence-electron chi connectivity index (χ0n) is 9.97. The van der Waals surface area contributed by atoms with Gasteiger partial charge in [0, 0.05) is 26.2 Å². The van der Waals surface area contributed by atoms with E-state index in [9.17, 15) is 0 Å². The largest absolute Gasteiger partial charge is 0.316 e. The summed E-state index contributed by atoms with van der Waals surface area (Å²) in [6.07, 6.45) is 5.83. The van der Waals surface area contributed by atoms with E-state index in [1.165, 1.54) is 44.3 Å². The quantitative estimate of drug-likeness (QED) is 0.613. The molecule has 0 amide bonds. The fraction of sp³-hybridized carbons (Fsp3) is 0.846. The molecule has 0 heterocycles. The van der Waals surface area contributed by atoms with E-state index in [-0.39, 0.29) is 0 Å². The summed E-state index contributed by atoms with van der Waals surface area (Å²) in [5.74, 6) is 2.01. The van der Waals surface area contributed by atoms with Crippen molar-refractivity contribution in [3.05, 3.63) is 12.2 Å². The molecule has 15 heavy (non-hydrogen) atoms. The number of nitrogens with one attached hydrogen (secondary N) is 1. The zero-order valence-corrected chi connectivity index (χ0v) is 9.97. The minimum Gasteiger partial charge on any atom is -0.316 e. The number of hydrogen-bond acceptors (Lipinski definition) is 2. The van der Waals surface area contributed by atoms with Gasteiger partial charge in [-0.15, -0.1) is 0 Å². The smallest absolute Gasteiger partial charge is 0.0203 e. The first-order valence-electron chi connectivity index (χ1n) is 6.31. The molecule has 0 spiro atoms. The monoisotopic (exact) mass is 208 g/mol. The lowest BCUT2D eigenvalue weighted by atomic mass is 10.2. The zero-order chi connectivity index (χ0) is 10.7. The third-order valence-corrected chi connectivity index (χ3v) is 3.30. The van der Waals surface area contributed by atoms with Gasteiger partial charge in [0.1, 0.15) is 0 Å². The average Bonchev–Trinajstić information content (AvgIpc) is 2.99. The highest BCUT2D eigenvalue weighted by atomic mass is 15.1. The van der Waals surface area contributed by atoms with Crippen molar-refractivity contribution >= 4 is 0 Å². The molecule has 1 N–H and O–H groups in total. The van der Waals surface area contributed by atoms with Gasteiger partial charge in [0.05, 0.1) is 0 Å². The van der Waals surface area contributed by atoms with Crippen molar-refractivity contribution in [1.82, 2.24) is 10.2 Å². The van der Waals surface area contributed by atoms with Crippen LogP contribution in [0.5, 0.6) is 0 Å². The Balaban J connectivity index is 1.71. The molecule has 0 atom stereocenters. The Morgan fingerprint density at radius 3 is 2.13 bits per heavy atom. The van der Waals surface area contributed by atoms with Crippen LogP contribution >= 0.6 is 0 Å². The van der Waals surface area contributed by atoms with Crippen LogP contribution < -0.4 is 5.32 Å². The minimum absolute atomic E-state index is 0.964. The second-order valence-electron chi connectivity index (χ2n) is 5.36. The van der Waals surface area contributed by atoms with Crippen LogP contribution in [0, 0.1) is 11.8 Å². The summed E-state index contributed by atoms with van der Waals surface area (Å²) in [5, 5.41) is 3.18. The van der Waals surface area contributed by atoms with Gasteiger partial charge in [-0.2, -0.15) is 0 Å². The third-order valence-electron chi connectivity index (χ3n) is 3.30. The van der Waals surface area contributed by atoms with Crippen molar-refractivity contribution in [3.8, 4) is 0 Å². The molecule has 0 aromatic carbocycles.